The second kappa shape index (κ2) is 5.37. The first-order valence-corrected chi connectivity index (χ1v) is 6.87. The van der Waals surface area contributed by atoms with Gasteiger partial charge in [-0.2, -0.15) is 0 Å². The fourth-order valence-electron chi connectivity index (χ4n) is 2.74. The zero-order valence-electron chi connectivity index (χ0n) is 12.0. The molecule has 1 unspecified atom stereocenters. The van der Waals surface area contributed by atoms with Crippen LogP contribution in [0.4, 0.5) is 4.39 Å². The molecule has 0 radical (unpaired) electrons. The minimum Gasteiger partial charge on any atom is -0.497 e. The normalized spacial score (nSPS) is 20.6. The van der Waals surface area contributed by atoms with Gasteiger partial charge in [-0.3, -0.25) is 0 Å². The summed E-state index contributed by atoms with van der Waals surface area (Å²) in [5.74, 6) is 1.02. The van der Waals surface area contributed by atoms with Crippen molar-refractivity contribution in [1.29, 1.82) is 0 Å². The number of rotatable bonds is 2. The third-order valence-electron chi connectivity index (χ3n) is 3.87. The number of fused-ring (bicyclic) bond motifs is 1. The molecule has 1 heterocycles. The SMILES string of the molecule is COc1ccc2c(c1)OC(c1ccc(F)cc1C)C[C@@H]2O. The van der Waals surface area contributed by atoms with Crippen molar-refractivity contribution in [3.05, 3.63) is 58.9 Å². The summed E-state index contributed by atoms with van der Waals surface area (Å²) in [5.41, 5.74) is 2.47. The highest BCUT2D eigenvalue weighted by Gasteiger charge is 2.29. The molecule has 0 aromatic heterocycles. The summed E-state index contributed by atoms with van der Waals surface area (Å²) in [5, 5.41) is 10.3. The van der Waals surface area contributed by atoms with Crippen molar-refractivity contribution in [2.24, 2.45) is 0 Å². The second-order valence-corrected chi connectivity index (χ2v) is 5.26. The Balaban J connectivity index is 1.96. The maximum absolute atomic E-state index is 13.2. The zero-order chi connectivity index (χ0) is 15.0. The number of hydrogen-bond acceptors (Lipinski definition) is 3. The topological polar surface area (TPSA) is 38.7 Å². The highest BCUT2D eigenvalue weighted by Crippen LogP contribution is 2.42. The van der Waals surface area contributed by atoms with E-state index in [0.29, 0.717) is 17.9 Å². The van der Waals surface area contributed by atoms with E-state index in [2.05, 4.69) is 0 Å². The zero-order valence-corrected chi connectivity index (χ0v) is 12.0. The number of halogens is 1. The number of aliphatic hydroxyl groups is 1. The smallest absolute Gasteiger partial charge is 0.129 e. The minimum absolute atomic E-state index is 0.269. The van der Waals surface area contributed by atoms with Crippen molar-refractivity contribution in [1.82, 2.24) is 0 Å². The van der Waals surface area contributed by atoms with Gasteiger partial charge in [-0.15, -0.1) is 0 Å². The Kier molecular flexibility index (Phi) is 3.55. The van der Waals surface area contributed by atoms with Crippen LogP contribution in [0.2, 0.25) is 0 Å². The lowest BCUT2D eigenvalue weighted by molar-refractivity contribution is 0.0652. The van der Waals surface area contributed by atoms with Gasteiger partial charge >= 0.3 is 0 Å². The van der Waals surface area contributed by atoms with Gasteiger partial charge < -0.3 is 14.6 Å². The quantitative estimate of drug-likeness (QED) is 0.915. The molecular weight excluding hydrogens is 271 g/mol. The maximum atomic E-state index is 13.2. The van der Waals surface area contributed by atoms with Gasteiger partial charge in [0.1, 0.15) is 23.4 Å². The summed E-state index contributed by atoms with van der Waals surface area (Å²) in [6.45, 7) is 1.84. The van der Waals surface area contributed by atoms with Crippen molar-refractivity contribution in [3.63, 3.8) is 0 Å². The highest BCUT2D eigenvalue weighted by atomic mass is 19.1. The van der Waals surface area contributed by atoms with Crippen LogP contribution in [0, 0.1) is 12.7 Å². The molecule has 0 bridgehead atoms. The molecule has 2 aromatic rings. The standard InChI is InChI=1S/C17H17FO3/c1-10-7-11(18)3-5-13(10)17-9-15(19)14-6-4-12(20-2)8-16(14)21-17/h3-8,15,17,19H,9H2,1-2H3/t15-,17?/m0/s1. The van der Waals surface area contributed by atoms with Crippen molar-refractivity contribution in [2.45, 2.75) is 25.6 Å². The maximum Gasteiger partial charge on any atom is 0.129 e. The highest BCUT2D eigenvalue weighted by molar-refractivity contribution is 5.44. The first-order chi connectivity index (χ1) is 10.1. The number of aliphatic hydroxyl groups excluding tert-OH is 1. The Hall–Kier alpha value is -2.07. The molecule has 3 nitrogen and oxygen atoms in total. The number of aryl methyl sites for hydroxylation is 1. The molecule has 0 spiro atoms. The van der Waals surface area contributed by atoms with Crippen LogP contribution in [0.1, 0.15) is 35.3 Å². The summed E-state index contributed by atoms with van der Waals surface area (Å²) < 4.78 is 24.4. The third-order valence-corrected chi connectivity index (χ3v) is 3.87. The monoisotopic (exact) mass is 288 g/mol. The second-order valence-electron chi connectivity index (χ2n) is 5.26. The lowest BCUT2D eigenvalue weighted by Crippen LogP contribution is -2.19. The Morgan fingerprint density at radius 3 is 2.67 bits per heavy atom. The van der Waals surface area contributed by atoms with E-state index in [4.69, 9.17) is 9.47 Å². The van der Waals surface area contributed by atoms with E-state index in [1.807, 2.05) is 13.0 Å². The van der Waals surface area contributed by atoms with E-state index in [-0.39, 0.29) is 11.9 Å². The van der Waals surface area contributed by atoms with E-state index in [0.717, 1.165) is 16.7 Å². The molecule has 3 rings (SSSR count). The molecule has 1 aliphatic heterocycles. The van der Waals surface area contributed by atoms with Gasteiger partial charge in [-0.25, -0.2) is 4.39 Å². The summed E-state index contributed by atoms with van der Waals surface area (Å²) in [7, 11) is 1.59. The fourth-order valence-corrected chi connectivity index (χ4v) is 2.74. The lowest BCUT2D eigenvalue weighted by Gasteiger charge is -2.31. The predicted molar refractivity (Wildman–Crippen MR) is 77.1 cm³/mol. The molecule has 21 heavy (non-hydrogen) atoms. The van der Waals surface area contributed by atoms with Gasteiger partial charge in [0, 0.05) is 18.1 Å². The van der Waals surface area contributed by atoms with Crippen LogP contribution in [0.25, 0.3) is 0 Å². The predicted octanol–water partition coefficient (Wildman–Crippen LogP) is 3.70. The lowest BCUT2D eigenvalue weighted by atomic mass is 9.93. The largest absolute Gasteiger partial charge is 0.497 e. The van der Waals surface area contributed by atoms with Crippen LogP contribution >= 0.6 is 0 Å². The first-order valence-electron chi connectivity index (χ1n) is 6.87. The summed E-state index contributed by atoms with van der Waals surface area (Å²) in [6.07, 6.45) is -0.444. The summed E-state index contributed by atoms with van der Waals surface area (Å²) >= 11 is 0. The van der Waals surface area contributed by atoms with Gasteiger partial charge in [0.2, 0.25) is 0 Å². The molecule has 2 aromatic carbocycles. The molecule has 0 saturated carbocycles. The minimum atomic E-state index is -0.603. The molecule has 110 valence electrons. The van der Waals surface area contributed by atoms with Gasteiger partial charge in [0.25, 0.3) is 0 Å². The van der Waals surface area contributed by atoms with Crippen LogP contribution in [0.15, 0.2) is 36.4 Å². The van der Waals surface area contributed by atoms with E-state index in [9.17, 15) is 9.50 Å². The van der Waals surface area contributed by atoms with Crippen LogP contribution in [0.5, 0.6) is 11.5 Å². The molecule has 0 aliphatic carbocycles. The van der Waals surface area contributed by atoms with Crippen molar-refractivity contribution in [3.8, 4) is 11.5 Å². The third kappa shape index (κ3) is 2.59. The molecule has 0 fully saturated rings. The van der Waals surface area contributed by atoms with E-state index in [1.54, 1.807) is 25.3 Å². The average molecular weight is 288 g/mol. The van der Waals surface area contributed by atoms with E-state index in [1.165, 1.54) is 12.1 Å². The van der Waals surface area contributed by atoms with Crippen LogP contribution in [-0.2, 0) is 0 Å². The van der Waals surface area contributed by atoms with Gasteiger partial charge in [0.05, 0.1) is 13.2 Å². The van der Waals surface area contributed by atoms with Gasteiger partial charge in [0.15, 0.2) is 0 Å². The fraction of sp³-hybridized carbons (Fsp3) is 0.294. The molecule has 1 N–H and O–H groups in total. The van der Waals surface area contributed by atoms with Crippen molar-refractivity contribution in [2.75, 3.05) is 7.11 Å². The number of benzene rings is 2. The van der Waals surface area contributed by atoms with Gasteiger partial charge in [-0.1, -0.05) is 6.07 Å². The Bertz CT molecular complexity index is 669. The first kappa shape index (κ1) is 13.9. The van der Waals surface area contributed by atoms with Crippen LogP contribution < -0.4 is 9.47 Å². The van der Waals surface area contributed by atoms with Crippen molar-refractivity contribution >= 4 is 0 Å². The molecule has 0 amide bonds. The van der Waals surface area contributed by atoms with Crippen molar-refractivity contribution < 1.29 is 19.0 Å². The average Bonchev–Trinajstić information content (AvgIpc) is 2.46. The Labute approximate surface area is 122 Å². The van der Waals surface area contributed by atoms with Crippen LogP contribution in [-0.4, -0.2) is 12.2 Å². The number of hydrogen-bond donors (Lipinski definition) is 1. The summed E-state index contributed by atoms with van der Waals surface area (Å²) in [6, 6.07) is 9.99. The summed E-state index contributed by atoms with van der Waals surface area (Å²) in [4.78, 5) is 0. The molecule has 2 atom stereocenters. The number of ether oxygens (including phenoxy) is 2. The van der Waals surface area contributed by atoms with E-state index < -0.39 is 6.10 Å². The molecule has 1 aliphatic rings. The number of methoxy groups -OCH3 is 1. The molecule has 4 heteroatoms. The molecule has 0 saturated heterocycles. The van der Waals surface area contributed by atoms with E-state index >= 15 is 0 Å². The van der Waals surface area contributed by atoms with Gasteiger partial charge in [-0.05, 0) is 42.3 Å². The Morgan fingerprint density at radius 1 is 1.19 bits per heavy atom. The Morgan fingerprint density at radius 2 is 1.95 bits per heavy atom. The van der Waals surface area contributed by atoms with Crippen LogP contribution in [0.3, 0.4) is 0 Å². The molecular formula is C17H17FO3.